The average Bonchev–Trinajstić information content (AvgIpc) is 2.61. The molecule has 3 N–H and O–H groups in total. The highest BCUT2D eigenvalue weighted by atomic mass is 16.5. The molecule has 1 amide bonds. The highest BCUT2D eigenvalue weighted by Crippen LogP contribution is 2.21. The average molecular weight is 336 g/mol. The number of benzene rings is 1. The first-order valence-corrected chi connectivity index (χ1v) is 8.30. The number of hydrazone groups is 1. The van der Waals surface area contributed by atoms with Crippen LogP contribution in [-0.4, -0.2) is 66.1 Å². The SMILES string of the molecule is COc1cc(/C=N\NC(=O)CC[NH+]2CC[NH+](C)CC2)cc(OC)c1. The van der Waals surface area contributed by atoms with Gasteiger partial charge in [-0.2, -0.15) is 5.10 Å². The zero-order valence-corrected chi connectivity index (χ0v) is 14.7. The Morgan fingerprint density at radius 1 is 1.17 bits per heavy atom. The number of methoxy groups -OCH3 is 2. The number of carbonyl (C=O) groups excluding carboxylic acids is 1. The number of nitrogens with zero attached hydrogens (tertiary/aromatic N) is 1. The third-order valence-corrected chi connectivity index (χ3v) is 4.29. The van der Waals surface area contributed by atoms with E-state index in [4.69, 9.17) is 9.47 Å². The van der Waals surface area contributed by atoms with Crippen LogP contribution in [0.3, 0.4) is 0 Å². The van der Waals surface area contributed by atoms with Gasteiger partial charge in [-0.15, -0.1) is 0 Å². The number of quaternary nitrogens is 2. The van der Waals surface area contributed by atoms with Crippen LogP contribution in [0.1, 0.15) is 12.0 Å². The van der Waals surface area contributed by atoms with E-state index in [9.17, 15) is 4.79 Å². The predicted molar refractivity (Wildman–Crippen MR) is 92.1 cm³/mol. The number of ether oxygens (including phenoxy) is 2. The van der Waals surface area contributed by atoms with E-state index in [2.05, 4.69) is 17.6 Å². The monoisotopic (exact) mass is 336 g/mol. The maximum Gasteiger partial charge on any atom is 0.245 e. The molecule has 132 valence electrons. The van der Waals surface area contributed by atoms with Crippen molar-refractivity contribution in [3.63, 3.8) is 0 Å². The van der Waals surface area contributed by atoms with Gasteiger partial charge in [0.15, 0.2) is 0 Å². The molecule has 1 aromatic rings. The third-order valence-electron chi connectivity index (χ3n) is 4.29. The van der Waals surface area contributed by atoms with Crippen molar-refractivity contribution in [1.82, 2.24) is 5.43 Å². The summed E-state index contributed by atoms with van der Waals surface area (Å²) in [4.78, 5) is 15.0. The molecule has 7 nitrogen and oxygen atoms in total. The molecule has 7 heteroatoms. The molecule has 0 saturated carbocycles. The first-order chi connectivity index (χ1) is 11.6. The van der Waals surface area contributed by atoms with Gasteiger partial charge in [-0.3, -0.25) is 4.79 Å². The van der Waals surface area contributed by atoms with Crippen LogP contribution in [0.5, 0.6) is 11.5 Å². The zero-order valence-electron chi connectivity index (χ0n) is 14.7. The van der Waals surface area contributed by atoms with Gasteiger partial charge in [0, 0.05) is 11.6 Å². The standard InChI is InChI=1S/C17H26N4O3/c1-20-6-8-21(9-7-20)5-4-17(22)19-18-13-14-10-15(23-2)12-16(11-14)24-3/h10-13H,4-9H2,1-3H3,(H,19,22)/p+2/b18-13-. The van der Waals surface area contributed by atoms with Crippen LogP contribution in [0.4, 0.5) is 0 Å². The summed E-state index contributed by atoms with van der Waals surface area (Å²) in [6.45, 7) is 5.47. The lowest BCUT2D eigenvalue weighted by Gasteiger charge is -2.26. The van der Waals surface area contributed by atoms with Gasteiger partial charge >= 0.3 is 0 Å². The molecule has 0 unspecified atom stereocenters. The van der Waals surface area contributed by atoms with E-state index in [1.54, 1.807) is 31.4 Å². The van der Waals surface area contributed by atoms with E-state index in [1.165, 1.54) is 18.0 Å². The lowest BCUT2D eigenvalue weighted by atomic mass is 10.2. The fourth-order valence-electron chi connectivity index (χ4n) is 2.71. The second-order valence-corrected chi connectivity index (χ2v) is 6.15. The largest absolute Gasteiger partial charge is 0.497 e. The summed E-state index contributed by atoms with van der Waals surface area (Å²) in [5.41, 5.74) is 3.39. The van der Waals surface area contributed by atoms with E-state index in [0.29, 0.717) is 17.9 Å². The maximum absolute atomic E-state index is 11.9. The number of piperazine rings is 1. The third kappa shape index (κ3) is 5.82. The van der Waals surface area contributed by atoms with Crippen molar-refractivity contribution in [2.24, 2.45) is 5.10 Å². The molecule has 1 heterocycles. The van der Waals surface area contributed by atoms with Crippen LogP contribution < -0.4 is 24.7 Å². The summed E-state index contributed by atoms with van der Waals surface area (Å²) in [6, 6.07) is 5.44. The van der Waals surface area contributed by atoms with Crippen LogP contribution in [0, 0.1) is 0 Å². The molecule has 1 aromatic carbocycles. The minimum Gasteiger partial charge on any atom is -0.497 e. The fourth-order valence-corrected chi connectivity index (χ4v) is 2.71. The van der Waals surface area contributed by atoms with E-state index >= 15 is 0 Å². The smallest absolute Gasteiger partial charge is 0.245 e. The topological polar surface area (TPSA) is 68.8 Å². The molecule has 0 aliphatic carbocycles. The van der Waals surface area contributed by atoms with Crippen molar-refractivity contribution in [1.29, 1.82) is 0 Å². The van der Waals surface area contributed by atoms with Gasteiger partial charge in [0.2, 0.25) is 5.91 Å². The second kappa shape index (κ2) is 9.24. The molecule has 1 saturated heterocycles. The van der Waals surface area contributed by atoms with Gasteiger partial charge < -0.3 is 19.3 Å². The Bertz CT molecular complexity index is 547. The predicted octanol–water partition coefficient (Wildman–Crippen LogP) is -2.04. The number of likely N-dealkylation sites (N-methyl/N-ethyl adjacent to an activating group) is 1. The minimum atomic E-state index is -0.0557. The lowest BCUT2D eigenvalue weighted by molar-refractivity contribution is -1.00. The molecule has 0 aromatic heterocycles. The maximum atomic E-state index is 11.9. The lowest BCUT2D eigenvalue weighted by Crippen LogP contribution is -3.27. The number of nitrogens with one attached hydrogen (secondary N) is 3. The van der Waals surface area contributed by atoms with Crippen molar-refractivity contribution in [2.45, 2.75) is 6.42 Å². The number of rotatable bonds is 7. The summed E-state index contributed by atoms with van der Waals surface area (Å²) in [6.07, 6.45) is 2.09. The molecule has 0 radical (unpaired) electrons. The minimum absolute atomic E-state index is 0.0557. The number of hydrogen-bond acceptors (Lipinski definition) is 4. The van der Waals surface area contributed by atoms with Crippen molar-refractivity contribution in [2.75, 3.05) is 54.0 Å². The van der Waals surface area contributed by atoms with Crippen LogP contribution in [-0.2, 0) is 4.79 Å². The Balaban J connectivity index is 1.77. The Morgan fingerprint density at radius 2 is 1.79 bits per heavy atom. The first kappa shape index (κ1) is 18.2. The second-order valence-electron chi connectivity index (χ2n) is 6.15. The number of amides is 1. The van der Waals surface area contributed by atoms with Gasteiger partial charge in [0.25, 0.3) is 0 Å². The molecule has 24 heavy (non-hydrogen) atoms. The van der Waals surface area contributed by atoms with Gasteiger partial charge in [0.1, 0.15) is 37.7 Å². The first-order valence-electron chi connectivity index (χ1n) is 8.30. The van der Waals surface area contributed by atoms with E-state index < -0.39 is 0 Å². The quantitative estimate of drug-likeness (QED) is 0.397. The Hall–Kier alpha value is -2.12. The summed E-state index contributed by atoms with van der Waals surface area (Å²) < 4.78 is 10.4. The molecule has 0 atom stereocenters. The van der Waals surface area contributed by atoms with E-state index in [0.717, 1.165) is 25.2 Å². The molecule has 1 aliphatic rings. The van der Waals surface area contributed by atoms with Crippen molar-refractivity contribution in [3.8, 4) is 11.5 Å². The summed E-state index contributed by atoms with van der Waals surface area (Å²) in [5.74, 6) is 1.31. The van der Waals surface area contributed by atoms with Crippen LogP contribution in [0.2, 0.25) is 0 Å². The summed E-state index contributed by atoms with van der Waals surface area (Å²) >= 11 is 0. The molecule has 0 spiro atoms. The number of hydrogen-bond donors (Lipinski definition) is 3. The zero-order chi connectivity index (χ0) is 17.4. The van der Waals surface area contributed by atoms with Crippen molar-refractivity contribution < 1.29 is 24.1 Å². The highest BCUT2D eigenvalue weighted by Gasteiger charge is 2.20. The molecule has 1 fully saturated rings. The molecule has 1 aliphatic heterocycles. The Morgan fingerprint density at radius 3 is 2.38 bits per heavy atom. The van der Waals surface area contributed by atoms with Gasteiger partial charge in [-0.1, -0.05) is 0 Å². The number of carbonyl (C=O) groups is 1. The Labute approximate surface area is 143 Å². The molecule has 2 rings (SSSR count). The van der Waals surface area contributed by atoms with Crippen molar-refractivity contribution >= 4 is 12.1 Å². The fraction of sp³-hybridized carbons (Fsp3) is 0.529. The summed E-state index contributed by atoms with van der Waals surface area (Å²) in [5, 5.41) is 4.02. The van der Waals surface area contributed by atoms with Gasteiger partial charge in [-0.05, 0) is 12.1 Å². The van der Waals surface area contributed by atoms with E-state index in [1.807, 2.05) is 12.1 Å². The summed E-state index contributed by atoms with van der Waals surface area (Å²) in [7, 11) is 5.41. The highest BCUT2D eigenvalue weighted by molar-refractivity contribution is 5.83. The van der Waals surface area contributed by atoms with E-state index in [-0.39, 0.29) is 5.91 Å². The van der Waals surface area contributed by atoms with Crippen molar-refractivity contribution in [3.05, 3.63) is 23.8 Å². The van der Waals surface area contributed by atoms with Crippen LogP contribution in [0.15, 0.2) is 23.3 Å². The van der Waals surface area contributed by atoms with Gasteiger partial charge in [-0.25, -0.2) is 5.43 Å². The normalized spacial score (nSPS) is 20.8. The molecule has 0 bridgehead atoms. The van der Waals surface area contributed by atoms with Gasteiger partial charge in [0.05, 0.1) is 40.4 Å². The molecular weight excluding hydrogens is 308 g/mol. The Kier molecular flexibility index (Phi) is 7.02. The van der Waals surface area contributed by atoms with Crippen LogP contribution >= 0.6 is 0 Å². The van der Waals surface area contributed by atoms with Crippen LogP contribution in [0.25, 0.3) is 0 Å². The molecular formula is C17H28N4O3+2.